The molecule has 214 valence electrons. The van der Waals surface area contributed by atoms with Crippen molar-refractivity contribution in [3.63, 3.8) is 0 Å². The smallest absolute Gasteiger partial charge is 0.395 e. The second-order valence-electron chi connectivity index (χ2n) is 10.7. The molecule has 0 radical (unpaired) electrons. The molecule has 0 aliphatic carbocycles. The third kappa shape index (κ3) is 4.77. The highest BCUT2D eigenvalue weighted by Crippen LogP contribution is 2.43. The van der Waals surface area contributed by atoms with Crippen LogP contribution in [0.2, 0.25) is 0 Å². The minimum atomic E-state index is -4.67. The zero-order valence-corrected chi connectivity index (χ0v) is 22.0. The number of halogens is 4. The van der Waals surface area contributed by atoms with Crippen LogP contribution in [0.4, 0.5) is 23.2 Å². The highest BCUT2D eigenvalue weighted by atomic mass is 19.4. The van der Waals surface area contributed by atoms with E-state index in [2.05, 4.69) is 0 Å². The Bertz CT molecular complexity index is 1330. The summed E-state index contributed by atoms with van der Waals surface area (Å²) in [5.74, 6) is -0.997. The Morgan fingerprint density at radius 2 is 2.05 bits per heavy atom. The van der Waals surface area contributed by atoms with Gasteiger partial charge in [-0.15, -0.1) is 0 Å². The number of carbonyl (C=O) groups is 1. The van der Waals surface area contributed by atoms with E-state index in [0.29, 0.717) is 23.4 Å². The summed E-state index contributed by atoms with van der Waals surface area (Å²) in [7, 11) is 1.39. The van der Waals surface area contributed by atoms with Crippen LogP contribution in [0, 0.1) is 10.8 Å². The monoisotopic (exact) mass is 561 g/mol. The lowest BCUT2D eigenvalue weighted by molar-refractivity contribution is -0.138. The van der Waals surface area contributed by atoms with Crippen LogP contribution < -0.4 is 4.90 Å². The first-order valence-corrected chi connectivity index (χ1v) is 13.0. The van der Waals surface area contributed by atoms with E-state index in [1.165, 1.54) is 18.0 Å². The second kappa shape index (κ2) is 10.6. The summed E-state index contributed by atoms with van der Waals surface area (Å²) in [5.41, 5.74) is -1.07. The Hall–Kier alpha value is -3.35. The van der Waals surface area contributed by atoms with Crippen molar-refractivity contribution < 1.29 is 32.2 Å². The van der Waals surface area contributed by atoms with Crippen LogP contribution in [0.5, 0.6) is 0 Å². The molecule has 8 nitrogen and oxygen atoms in total. The molecule has 5 rings (SSSR count). The van der Waals surface area contributed by atoms with Gasteiger partial charge in [0.1, 0.15) is 5.84 Å². The predicted octanol–water partition coefficient (Wildman–Crippen LogP) is 3.94. The Morgan fingerprint density at radius 1 is 1.30 bits per heavy atom. The van der Waals surface area contributed by atoms with Crippen LogP contribution in [0.15, 0.2) is 36.4 Å². The molecule has 40 heavy (non-hydrogen) atoms. The maximum absolute atomic E-state index is 15.6. The molecule has 0 saturated carbocycles. The van der Waals surface area contributed by atoms with E-state index < -0.39 is 35.1 Å². The molecule has 3 N–H and O–H groups in total. The fourth-order valence-electron chi connectivity index (χ4n) is 5.84. The number of alkyl halides is 4. The zero-order valence-electron chi connectivity index (χ0n) is 22.0. The molecule has 2 unspecified atom stereocenters. The molecule has 2 atom stereocenters. The van der Waals surface area contributed by atoms with Crippen molar-refractivity contribution in [2.24, 2.45) is 0 Å². The number of hydrogen-bond donors (Lipinski definition) is 3. The summed E-state index contributed by atoms with van der Waals surface area (Å²) in [4.78, 5) is 17.8. The topological polar surface area (TPSA) is 104 Å². The Labute approximate surface area is 229 Å². The van der Waals surface area contributed by atoms with Gasteiger partial charge in [0, 0.05) is 30.9 Å². The molecule has 0 bridgehead atoms. The number of amides is 1. The summed E-state index contributed by atoms with van der Waals surface area (Å²) >= 11 is 0. The van der Waals surface area contributed by atoms with Crippen LogP contribution in [0.1, 0.15) is 45.5 Å². The summed E-state index contributed by atoms with van der Waals surface area (Å²) in [6.07, 6.45) is -4.04. The van der Waals surface area contributed by atoms with Crippen molar-refractivity contribution in [2.45, 2.75) is 49.7 Å². The number of rotatable bonds is 8. The van der Waals surface area contributed by atoms with Crippen LogP contribution in [0.25, 0.3) is 0 Å². The van der Waals surface area contributed by atoms with E-state index in [-0.39, 0.29) is 50.1 Å². The van der Waals surface area contributed by atoms with E-state index in [4.69, 9.17) is 15.6 Å². The van der Waals surface area contributed by atoms with E-state index in [0.717, 1.165) is 30.1 Å². The van der Waals surface area contributed by atoms with Crippen molar-refractivity contribution in [3.8, 4) is 0 Å². The van der Waals surface area contributed by atoms with Gasteiger partial charge in [0.15, 0.2) is 6.17 Å². The van der Waals surface area contributed by atoms with Gasteiger partial charge in [0.2, 0.25) is 0 Å². The van der Waals surface area contributed by atoms with Gasteiger partial charge in [-0.1, -0.05) is 12.1 Å². The van der Waals surface area contributed by atoms with Crippen LogP contribution in [0.3, 0.4) is 0 Å². The molecule has 3 heterocycles. The number of benzene rings is 2. The number of aliphatic hydroxyl groups is 1. The molecular weight excluding hydrogens is 530 g/mol. The highest BCUT2D eigenvalue weighted by Gasteiger charge is 2.51. The van der Waals surface area contributed by atoms with E-state index >= 15 is 4.39 Å². The quantitative estimate of drug-likeness (QED) is 0.257. The maximum Gasteiger partial charge on any atom is 0.416 e. The van der Waals surface area contributed by atoms with Gasteiger partial charge in [-0.25, -0.2) is 4.39 Å². The van der Waals surface area contributed by atoms with E-state index in [1.54, 1.807) is 24.3 Å². The van der Waals surface area contributed by atoms with Crippen LogP contribution in [-0.4, -0.2) is 78.6 Å². The lowest BCUT2D eigenvalue weighted by atomic mass is 9.73. The number of carbonyl (C=O) groups excluding carboxylic acids is 1. The molecule has 2 aromatic rings. The summed E-state index contributed by atoms with van der Waals surface area (Å²) in [6.45, 7) is 0.444. The molecular formula is C28H31F4N5O3. The molecule has 2 fully saturated rings. The molecule has 3 aliphatic heterocycles. The van der Waals surface area contributed by atoms with Crippen molar-refractivity contribution >= 4 is 23.8 Å². The SMILES string of the molecule is CN(C=N)C(=N)C(F)C1(c2cccc(N3Cc4c(cc(CN5CCCC5CO)cc4C(F)(F)F)C3=O)c2)COC1. The lowest BCUT2D eigenvalue weighted by Gasteiger charge is -2.45. The van der Waals surface area contributed by atoms with Crippen molar-refractivity contribution in [3.05, 3.63) is 64.2 Å². The number of anilines is 1. The van der Waals surface area contributed by atoms with Crippen LogP contribution in [-0.2, 0) is 29.4 Å². The lowest BCUT2D eigenvalue weighted by Crippen LogP contribution is -2.58. The standard InChI is InChI=1S/C28H31F4N5O3/c1-35(16-33)25(34)24(29)27(14-40-15-27)18-4-2-5-19(10-18)37-12-22-21(26(37)39)8-17(9-23(22)28(30,31)32)11-36-7-3-6-20(36)13-38/h2,4-5,8-10,16,20,24,33-34,38H,3,6-7,11-15H2,1H3. The van der Waals surface area contributed by atoms with Crippen molar-refractivity contribution in [2.75, 3.05) is 38.3 Å². The van der Waals surface area contributed by atoms with Gasteiger partial charge in [-0.05, 0) is 60.3 Å². The maximum atomic E-state index is 15.6. The van der Waals surface area contributed by atoms with Gasteiger partial charge >= 0.3 is 6.18 Å². The third-order valence-corrected chi connectivity index (χ3v) is 8.25. The molecule has 0 spiro atoms. The summed E-state index contributed by atoms with van der Waals surface area (Å²) in [5, 5.41) is 25.1. The first kappa shape index (κ1) is 28.2. The van der Waals surface area contributed by atoms with Gasteiger partial charge in [0.05, 0.1) is 43.7 Å². The summed E-state index contributed by atoms with van der Waals surface area (Å²) < 4.78 is 63.5. The minimum Gasteiger partial charge on any atom is -0.395 e. The van der Waals surface area contributed by atoms with E-state index in [9.17, 15) is 23.1 Å². The second-order valence-corrected chi connectivity index (χ2v) is 10.7. The fourth-order valence-corrected chi connectivity index (χ4v) is 5.84. The fraction of sp³-hybridized carbons (Fsp3) is 0.464. The Balaban J connectivity index is 1.47. The number of nitrogens with zero attached hydrogens (tertiary/aromatic N) is 3. The molecule has 0 aromatic heterocycles. The first-order chi connectivity index (χ1) is 19.0. The van der Waals surface area contributed by atoms with Gasteiger partial charge in [-0.3, -0.25) is 20.5 Å². The molecule has 12 heteroatoms. The van der Waals surface area contributed by atoms with E-state index in [1.807, 2.05) is 4.90 Å². The van der Waals surface area contributed by atoms with Gasteiger partial charge in [0.25, 0.3) is 5.91 Å². The average molecular weight is 562 g/mol. The first-order valence-electron chi connectivity index (χ1n) is 13.0. The molecule has 2 saturated heterocycles. The third-order valence-electron chi connectivity index (χ3n) is 8.25. The number of ether oxygens (including phenoxy) is 1. The largest absolute Gasteiger partial charge is 0.416 e. The van der Waals surface area contributed by atoms with Crippen molar-refractivity contribution in [1.82, 2.24) is 9.80 Å². The minimum absolute atomic E-state index is 0.0191. The van der Waals surface area contributed by atoms with Crippen LogP contribution >= 0.6 is 0 Å². The Kier molecular flexibility index (Phi) is 7.45. The number of amidine groups is 1. The highest BCUT2D eigenvalue weighted by molar-refractivity contribution is 6.10. The molecule has 2 aromatic carbocycles. The van der Waals surface area contributed by atoms with Crippen molar-refractivity contribution in [1.29, 1.82) is 10.8 Å². The molecule has 3 aliphatic rings. The van der Waals surface area contributed by atoms with Gasteiger partial charge in [-0.2, -0.15) is 13.2 Å². The number of nitrogens with one attached hydrogen (secondary N) is 2. The normalized spacial score (nSPS) is 21.2. The molecule has 1 amide bonds. The number of aliphatic hydroxyl groups excluding tert-OH is 1. The predicted molar refractivity (Wildman–Crippen MR) is 141 cm³/mol. The Morgan fingerprint density at radius 3 is 2.67 bits per heavy atom. The zero-order chi connectivity index (χ0) is 28.8. The average Bonchev–Trinajstić information content (AvgIpc) is 3.50. The number of hydrogen-bond acceptors (Lipinski definition) is 6. The number of likely N-dealkylation sites (tertiary alicyclic amines) is 1. The summed E-state index contributed by atoms with van der Waals surface area (Å²) in [6, 6.07) is 8.90. The number of fused-ring (bicyclic) bond motifs is 1. The van der Waals surface area contributed by atoms with Gasteiger partial charge < -0.3 is 19.6 Å².